The van der Waals surface area contributed by atoms with Gasteiger partial charge in [0.2, 0.25) is 0 Å². The molecule has 0 unspecified atom stereocenters. The first-order valence-electron chi connectivity index (χ1n) is 6.21. The number of carbonyl (C=O) groups is 1. The van der Waals surface area contributed by atoms with Crippen LogP contribution in [0.4, 0.5) is 13.2 Å². The SMILES string of the molecule is O=C(NNS(=O)(=O)c1cc(C(F)(F)F)ccc1Cl)c1ccccn1. The van der Waals surface area contributed by atoms with Crippen LogP contribution in [-0.4, -0.2) is 19.3 Å². The van der Waals surface area contributed by atoms with Crippen LogP contribution in [0.1, 0.15) is 16.1 Å². The molecule has 2 aromatic rings. The number of hydrogen-bond donors (Lipinski definition) is 2. The molecule has 24 heavy (non-hydrogen) atoms. The first-order chi connectivity index (χ1) is 11.1. The van der Waals surface area contributed by atoms with Crippen molar-refractivity contribution in [1.82, 2.24) is 15.2 Å². The largest absolute Gasteiger partial charge is 0.416 e. The third kappa shape index (κ3) is 4.22. The summed E-state index contributed by atoms with van der Waals surface area (Å²) >= 11 is 5.65. The number of halogens is 4. The number of carbonyl (C=O) groups excluding carboxylic acids is 1. The number of pyridine rings is 1. The van der Waals surface area contributed by atoms with E-state index in [9.17, 15) is 26.4 Å². The van der Waals surface area contributed by atoms with Gasteiger partial charge >= 0.3 is 6.18 Å². The van der Waals surface area contributed by atoms with Crippen molar-refractivity contribution in [3.05, 3.63) is 58.9 Å². The van der Waals surface area contributed by atoms with Gasteiger partial charge in [-0.1, -0.05) is 17.7 Å². The monoisotopic (exact) mass is 379 g/mol. The van der Waals surface area contributed by atoms with Crippen molar-refractivity contribution in [3.8, 4) is 0 Å². The fraction of sp³-hybridized carbons (Fsp3) is 0.0769. The van der Waals surface area contributed by atoms with Crippen LogP contribution in [0.3, 0.4) is 0 Å². The molecule has 0 aliphatic carbocycles. The number of hydrazine groups is 1. The second-order valence-electron chi connectivity index (χ2n) is 4.42. The van der Waals surface area contributed by atoms with Crippen LogP contribution in [0.2, 0.25) is 5.02 Å². The molecule has 1 aromatic carbocycles. The Balaban J connectivity index is 2.23. The Morgan fingerprint density at radius 1 is 1.17 bits per heavy atom. The summed E-state index contributed by atoms with van der Waals surface area (Å²) in [4.78, 5) is 16.3. The van der Waals surface area contributed by atoms with Crippen molar-refractivity contribution in [2.75, 3.05) is 0 Å². The highest BCUT2D eigenvalue weighted by atomic mass is 35.5. The van der Waals surface area contributed by atoms with Crippen LogP contribution in [0, 0.1) is 0 Å². The number of rotatable bonds is 4. The average molecular weight is 380 g/mol. The van der Waals surface area contributed by atoms with E-state index >= 15 is 0 Å². The quantitative estimate of drug-likeness (QED) is 0.798. The molecular formula is C13H9ClF3N3O3S. The van der Waals surface area contributed by atoms with Gasteiger partial charge in [-0.25, -0.2) is 8.42 Å². The zero-order valence-electron chi connectivity index (χ0n) is 11.6. The first kappa shape index (κ1) is 18.2. The molecule has 6 nitrogen and oxygen atoms in total. The van der Waals surface area contributed by atoms with E-state index in [1.54, 1.807) is 10.9 Å². The molecule has 0 spiro atoms. The van der Waals surface area contributed by atoms with Crippen LogP contribution in [-0.2, 0) is 16.2 Å². The summed E-state index contributed by atoms with van der Waals surface area (Å²) in [6.07, 6.45) is -3.43. The van der Waals surface area contributed by atoms with Gasteiger partial charge in [0.05, 0.1) is 10.6 Å². The molecule has 0 saturated heterocycles. The molecule has 1 aromatic heterocycles. The van der Waals surface area contributed by atoms with Crippen molar-refractivity contribution >= 4 is 27.5 Å². The predicted octanol–water partition coefficient (Wildman–Crippen LogP) is 2.38. The summed E-state index contributed by atoms with van der Waals surface area (Å²) in [5, 5.41) is -0.428. The Morgan fingerprint density at radius 3 is 2.46 bits per heavy atom. The number of benzene rings is 1. The molecule has 1 heterocycles. The van der Waals surface area contributed by atoms with E-state index in [0.717, 1.165) is 6.07 Å². The Bertz CT molecular complexity index is 858. The van der Waals surface area contributed by atoms with Crippen molar-refractivity contribution in [2.24, 2.45) is 0 Å². The molecule has 0 atom stereocenters. The third-order valence-electron chi connectivity index (χ3n) is 2.74. The minimum atomic E-state index is -4.74. The predicted molar refractivity (Wildman–Crippen MR) is 78.5 cm³/mol. The maximum Gasteiger partial charge on any atom is 0.416 e. The molecule has 2 N–H and O–H groups in total. The van der Waals surface area contributed by atoms with Crippen LogP contribution < -0.4 is 10.3 Å². The lowest BCUT2D eigenvalue weighted by molar-refractivity contribution is -0.137. The van der Waals surface area contributed by atoms with E-state index in [0.29, 0.717) is 12.1 Å². The average Bonchev–Trinajstić information content (AvgIpc) is 2.52. The maximum absolute atomic E-state index is 12.7. The number of nitrogens with zero attached hydrogens (tertiary/aromatic N) is 1. The van der Waals surface area contributed by atoms with Crippen LogP contribution in [0.15, 0.2) is 47.5 Å². The topological polar surface area (TPSA) is 88.2 Å². The number of hydrogen-bond acceptors (Lipinski definition) is 4. The molecule has 0 aliphatic heterocycles. The molecule has 2 rings (SSSR count). The van der Waals surface area contributed by atoms with Crippen molar-refractivity contribution in [3.63, 3.8) is 0 Å². The highest BCUT2D eigenvalue weighted by Crippen LogP contribution is 2.33. The molecule has 0 radical (unpaired) electrons. The lowest BCUT2D eigenvalue weighted by atomic mass is 10.2. The van der Waals surface area contributed by atoms with Gasteiger partial charge in [-0.3, -0.25) is 15.2 Å². The number of nitrogens with one attached hydrogen (secondary N) is 2. The molecule has 0 aliphatic rings. The molecule has 0 saturated carbocycles. The number of alkyl halides is 3. The second-order valence-corrected chi connectivity index (χ2v) is 6.48. The highest BCUT2D eigenvalue weighted by Gasteiger charge is 2.32. The van der Waals surface area contributed by atoms with Gasteiger partial charge in [0.1, 0.15) is 10.6 Å². The lowest BCUT2D eigenvalue weighted by Gasteiger charge is -2.12. The van der Waals surface area contributed by atoms with Crippen molar-refractivity contribution in [2.45, 2.75) is 11.1 Å². The van der Waals surface area contributed by atoms with Crippen LogP contribution in [0.5, 0.6) is 0 Å². The minimum absolute atomic E-state index is 0.0876. The van der Waals surface area contributed by atoms with Gasteiger partial charge in [-0.2, -0.15) is 13.2 Å². The Hall–Kier alpha value is -2.17. The van der Waals surface area contributed by atoms with E-state index in [4.69, 9.17) is 11.6 Å². The summed E-state index contributed by atoms with van der Waals surface area (Å²) in [5.74, 6) is -0.887. The number of sulfonamides is 1. The van der Waals surface area contributed by atoms with Crippen molar-refractivity contribution < 1.29 is 26.4 Å². The fourth-order valence-corrected chi connectivity index (χ4v) is 2.98. The normalized spacial score (nSPS) is 12.0. The summed E-state index contributed by atoms with van der Waals surface area (Å²) in [6.45, 7) is 0. The Kier molecular flexibility index (Phi) is 5.11. The standard InChI is InChI=1S/C13H9ClF3N3O3S/c14-9-5-4-8(13(15,16)17)7-11(9)24(22,23)20-19-12(21)10-3-1-2-6-18-10/h1-7,20H,(H,19,21). The smallest absolute Gasteiger partial charge is 0.272 e. The molecule has 128 valence electrons. The summed E-state index contributed by atoms with van der Waals surface area (Å²) in [6, 6.07) is 6.19. The molecule has 0 bridgehead atoms. The number of aromatic nitrogens is 1. The summed E-state index contributed by atoms with van der Waals surface area (Å²) in [7, 11) is -4.52. The van der Waals surface area contributed by atoms with Crippen LogP contribution in [0.25, 0.3) is 0 Å². The Morgan fingerprint density at radius 2 is 1.88 bits per heavy atom. The van der Waals surface area contributed by atoms with E-state index in [1.807, 2.05) is 5.43 Å². The molecule has 11 heteroatoms. The summed E-state index contributed by atoms with van der Waals surface area (Å²) in [5.41, 5.74) is 0.565. The summed E-state index contributed by atoms with van der Waals surface area (Å²) < 4.78 is 62.2. The first-order valence-corrected chi connectivity index (χ1v) is 8.07. The van der Waals surface area contributed by atoms with E-state index < -0.39 is 37.6 Å². The van der Waals surface area contributed by atoms with Crippen molar-refractivity contribution in [1.29, 1.82) is 0 Å². The van der Waals surface area contributed by atoms with E-state index in [1.165, 1.54) is 18.3 Å². The molecular weight excluding hydrogens is 371 g/mol. The van der Waals surface area contributed by atoms with Gasteiger partial charge < -0.3 is 0 Å². The zero-order valence-corrected chi connectivity index (χ0v) is 13.2. The number of amides is 1. The van der Waals surface area contributed by atoms with Crippen LogP contribution >= 0.6 is 11.6 Å². The zero-order chi connectivity index (χ0) is 18.0. The fourth-order valence-electron chi connectivity index (χ4n) is 1.62. The van der Waals surface area contributed by atoms with Gasteiger partial charge in [-0.05, 0) is 30.3 Å². The van der Waals surface area contributed by atoms with Gasteiger partial charge in [-0.15, -0.1) is 4.83 Å². The third-order valence-corrected chi connectivity index (χ3v) is 4.47. The lowest BCUT2D eigenvalue weighted by Crippen LogP contribution is -2.42. The van der Waals surface area contributed by atoms with Gasteiger partial charge in [0, 0.05) is 6.20 Å². The molecule has 0 fully saturated rings. The Labute approximate surface area is 139 Å². The maximum atomic E-state index is 12.7. The van der Waals surface area contributed by atoms with E-state index in [-0.39, 0.29) is 5.69 Å². The minimum Gasteiger partial charge on any atom is -0.272 e. The van der Waals surface area contributed by atoms with Gasteiger partial charge in [0.25, 0.3) is 15.9 Å². The second kappa shape index (κ2) is 6.75. The van der Waals surface area contributed by atoms with E-state index in [2.05, 4.69) is 4.98 Å². The molecule has 1 amide bonds. The highest BCUT2D eigenvalue weighted by molar-refractivity contribution is 7.89. The van der Waals surface area contributed by atoms with Gasteiger partial charge in [0.15, 0.2) is 0 Å².